The van der Waals surface area contributed by atoms with Crippen LogP contribution in [-0.2, 0) is 14.4 Å². The lowest BCUT2D eigenvalue weighted by Gasteiger charge is -2.43. The van der Waals surface area contributed by atoms with Crippen molar-refractivity contribution in [2.24, 2.45) is 29.6 Å². The zero-order chi connectivity index (χ0) is 27.2. The zero-order valence-corrected chi connectivity index (χ0v) is 23.0. The summed E-state index contributed by atoms with van der Waals surface area (Å²) >= 11 is 8.69. The maximum Gasteiger partial charge on any atom is 0.305 e. The van der Waals surface area contributed by atoms with Gasteiger partial charge < -0.3 is 10.3 Å². The molecular formula is C28H23ClFN3O4S2. The van der Waals surface area contributed by atoms with Crippen molar-refractivity contribution in [3.63, 3.8) is 0 Å². The van der Waals surface area contributed by atoms with E-state index in [0.29, 0.717) is 10.7 Å². The molecule has 1 aromatic heterocycles. The summed E-state index contributed by atoms with van der Waals surface area (Å²) in [6.45, 7) is 1.58. The average Bonchev–Trinajstić information content (AvgIpc) is 3.64. The van der Waals surface area contributed by atoms with E-state index in [1.807, 2.05) is 0 Å². The third kappa shape index (κ3) is 3.75. The van der Waals surface area contributed by atoms with Crippen LogP contribution in [0.2, 0.25) is 5.02 Å². The van der Waals surface area contributed by atoms with Gasteiger partial charge in [-0.15, -0.1) is 11.8 Å². The van der Waals surface area contributed by atoms with E-state index in [0.717, 1.165) is 38.1 Å². The molecule has 4 aliphatic rings. The lowest BCUT2D eigenvalue weighted by atomic mass is 9.68. The van der Waals surface area contributed by atoms with Crippen LogP contribution in [0.3, 0.4) is 0 Å². The topological polar surface area (TPSA) is 99.3 Å². The number of carbonyl (C=O) groups excluding carboxylic acids is 3. The van der Waals surface area contributed by atoms with Gasteiger partial charge in [-0.2, -0.15) is 0 Å². The molecule has 3 heterocycles. The SMILES string of the molecule is CC(C(=O)Nc1ccc(Cl)cc1)N1C(=O)C2C3CC(C2C1=O)C1C(c2ccc(F)cc2)c2sc(=O)[nH]c2SC31. The van der Waals surface area contributed by atoms with Crippen molar-refractivity contribution in [3.05, 3.63) is 79.5 Å². The highest BCUT2D eigenvalue weighted by Crippen LogP contribution is 2.68. The molecule has 1 saturated heterocycles. The number of carbonyl (C=O) groups is 3. The summed E-state index contributed by atoms with van der Waals surface area (Å²) in [6, 6.07) is 12.0. The fourth-order valence-electron chi connectivity index (χ4n) is 7.36. The Hall–Kier alpha value is -2.95. The van der Waals surface area contributed by atoms with Gasteiger partial charge in [0.25, 0.3) is 0 Å². The lowest BCUT2D eigenvalue weighted by Crippen LogP contribution is -2.46. The Morgan fingerprint density at radius 2 is 1.72 bits per heavy atom. The van der Waals surface area contributed by atoms with Crippen LogP contribution >= 0.6 is 34.7 Å². The summed E-state index contributed by atoms with van der Waals surface area (Å²) in [5.74, 6) is -2.65. The fourth-order valence-corrected chi connectivity index (χ4v) is 10.4. The van der Waals surface area contributed by atoms with Crippen LogP contribution in [-0.4, -0.2) is 38.9 Å². The Kier molecular flexibility index (Phi) is 5.81. The van der Waals surface area contributed by atoms with E-state index in [4.69, 9.17) is 11.6 Å². The molecular weight excluding hydrogens is 561 g/mol. The van der Waals surface area contributed by atoms with Gasteiger partial charge in [0.15, 0.2) is 0 Å². The molecule has 3 fully saturated rings. The first kappa shape index (κ1) is 25.0. The third-order valence-electron chi connectivity index (χ3n) is 8.87. The van der Waals surface area contributed by atoms with Crippen molar-refractivity contribution in [2.75, 3.05) is 5.32 Å². The van der Waals surface area contributed by atoms with Gasteiger partial charge in [-0.25, -0.2) is 4.39 Å². The van der Waals surface area contributed by atoms with Gasteiger partial charge >= 0.3 is 4.87 Å². The van der Waals surface area contributed by atoms with Crippen LogP contribution < -0.4 is 10.2 Å². The van der Waals surface area contributed by atoms with Gasteiger partial charge in [0.2, 0.25) is 17.7 Å². The standard InChI is InChI=1S/C28H23ClFN3O4S2/c1-11(24(34)31-15-8-4-13(29)5-9-15)33-26(35)20-16-10-17(21(20)27(33)36)22-19(16)18(12-2-6-14(30)7-3-12)23-25(38-22)32-28(37)39-23/h2-9,11,16-22H,10H2,1H3,(H,31,34)(H,32,37). The Labute approximate surface area is 236 Å². The summed E-state index contributed by atoms with van der Waals surface area (Å²) < 4.78 is 13.8. The molecule has 200 valence electrons. The number of halogens is 2. The second-order valence-electron chi connectivity index (χ2n) is 10.7. The van der Waals surface area contributed by atoms with Gasteiger partial charge in [-0.05, 0) is 73.1 Å². The molecule has 3 aromatic rings. The highest BCUT2D eigenvalue weighted by Gasteiger charge is 2.70. The van der Waals surface area contributed by atoms with E-state index < -0.39 is 23.8 Å². The Morgan fingerprint density at radius 3 is 2.41 bits per heavy atom. The van der Waals surface area contributed by atoms with Gasteiger partial charge in [0.1, 0.15) is 11.9 Å². The van der Waals surface area contributed by atoms with Crippen LogP contribution in [0, 0.1) is 35.4 Å². The van der Waals surface area contributed by atoms with E-state index >= 15 is 0 Å². The predicted molar refractivity (Wildman–Crippen MR) is 146 cm³/mol. The maximum absolute atomic E-state index is 13.8. The number of hydrogen-bond donors (Lipinski definition) is 2. The highest BCUT2D eigenvalue weighted by atomic mass is 35.5. The number of rotatable bonds is 4. The first-order chi connectivity index (χ1) is 18.7. The molecule has 7 nitrogen and oxygen atoms in total. The number of thioether (sulfide) groups is 1. The molecule has 7 rings (SSSR count). The molecule has 8 atom stereocenters. The Morgan fingerprint density at radius 1 is 1.05 bits per heavy atom. The average molecular weight is 584 g/mol. The second-order valence-corrected chi connectivity index (χ2v) is 13.4. The van der Waals surface area contributed by atoms with Gasteiger partial charge in [0, 0.05) is 26.8 Å². The quantitative estimate of drug-likeness (QED) is 0.433. The first-order valence-corrected chi connectivity index (χ1v) is 14.9. The van der Waals surface area contributed by atoms with Crippen molar-refractivity contribution in [1.29, 1.82) is 0 Å². The number of hydrogen-bond acceptors (Lipinski definition) is 6. The summed E-state index contributed by atoms with van der Waals surface area (Å²) in [6.07, 6.45) is 0.741. The molecule has 2 aliphatic carbocycles. The summed E-state index contributed by atoms with van der Waals surface area (Å²) in [5, 5.41) is 4.14. The molecule has 2 N–H and O–H groups in total. The van der Waals surface area contributed by atoms with Gasteiger partial charge in [-0.1, -0.05) is 35.1 Å². The Balaban J connectivity index is 1.21. The summed E-state index contributed by atoms with van der Waals surface area (Å²) in [5.41, 5.74) is 1.43. The largest absolute Gasteiger partial charge is 0.324 e. The lowest BCUT2D eigenvalue weighted by molar-refractivity contribution is -0.146. The number of benzene rings is 2. The van der Waals surface area contributed by atoms with Crippen LogP contribution in [0.1, 0.15) is 29.7 Å². The van der Waals surface area contributed by atoms with Crippen molar-refractivity contribution in [3.8, 4) is 0 Å². The van der Waals surface area contributed by atoms with E-state index in [1.165, 1.54) is 12.1 Å². The minimum atomic E-state index is -0.966. The minimum absolute atomic E-state index is 0.0144. The highest BCUT2D eigenvalue weighted by molar-refractivity contribution is 8.00. The minimum Gasteiger partial charge on any atom is -0.324 e. The molecule has 2 aliphatic heterocycles. The molecule has 39 heavy (non-hydrogen) atoms. The number of likely N-dealkylation sites (tertiary alicyclic amines) is 1. The number of amides is 3. The monoisotopic (exact) mass is 583 g/mol. The van der Waals surface area contributed by atoms with Gasteiger partial charge in [-0.3, -0.25) is 24.1 Å². The zero-order valence-electron chi connectivity index (χ0n) is 20.6. The van der Waals surface area contributed by atoms with Gasteiger partial charge in [0.05, 0.1) is 16.9 Å². The number of anilines is 1. The van der Waals surface area contributed by atoms with Crippen molar-refractivity contribution < 1.29 is 18.8 Å². The van der Waals surface area contributed by atoms with Crippen molar-refractivity contribution >= 4 is 58.1 Å². The first-order valence-electron chi connectivity index (χ1n) is 12.8. The summed E-state index contributed by atoms with van der Waals surface area (Å²) in [4.78, 5) is 57.9. The molecule has 11 heteroatoms. The van der Waals surface area contributed by atoms with Crippen LogP contribution in [0.5, 0.6) is 0 Å². The molecule has 3 amide bonds. The number of fused-ring (bicyclic) bond motifs is 9. The van der Waals surface area contributed by atoms with Crippen LogP contribution in [0.4, 0.5) is 10.1 Å². The fraction of sp³-hybridized carbons (Fsp3) is 0.357. The number of imide groups is 1. The third-order valence-corrected chi connectivity index (χ3v) is 11.7. The normalized spacial score (nSPS) is 31.2. The number of aromatic amines is 1. The molecule has 0 radical (unpaired) electrons. The Bertz CT molecular complexity index is 1570. The smallest absolute Gasteiger partial charge is 0.305 e. The van der Waals surface area contributed by atoms with E-state index in [1.54, 1.807) is 55.1 Å². The molecule has 0 spiro atoms. The number of nitrogens with one attached hydrogen (secondary N) is 2. The van der Waals surface area contributed by atoms with E-state index in [9.17, 15) is 23.6 Å². The van der Waals surface area contributed by atoms with Crippen molar-refractivity contribution in [2.45, 2.75) is 35.6 Å². The second kappa shape index (κ2) is 9.04. The number of H-pyrrole nitrogens is 1. The van der Waals surface area contributed by atoms with E-state index in [-0.39, 0.29) is 51.4 Å². The molecule has 8 unspecified atom stereocenters. The molecule has 2 bridgehead atoms. The van der Waals surface area contributed by atoms with Crippen LogP contribution in [0.15, 0.2) is 58.4 Å². The molecule has 2 aromatic carbocycles. The van der Waals surface area contributed by atoms with E-state index in [2.05, 4.69) is 10.3 Å². The number of nitrogens with zero attached hydrogens (tertiary/aromatic N) is 1. The van der Waals surface area contributed by atoms with Crippen molar-refractivity contribution in [1.82, 2.24) is 9.88 Å². The molecule has 2 saturated carbocycles. The maximum atomic E-state index is 13.8. The van der Waals surface area contributed by atoms with Crippen LogP contribution in [0.25, 0.3) is 0 Å². The summed E-state index contributed by atoms with van der Waals surface area (Å²) in [7, 11) is 0. The number of aromatic nitrogens is 1. The number of thiazole rings is 1. The predicted octanol–water partition coefficient (Wildman–Crippen LogP) is 4.73.